The molecule has 0 bridgehead atoms. The molecule has 3 heteroatoms. The second-order valence-electron chi connectivity index (χ2n) is 12.1. The van der Waals surface area contributed by atoms with Gasteiger partial charge in [-0.1, -0.05) is 26.7 Å². The zero-order chi connectivity index (χ0) is 19.1. The van der Waals surface area contributed by atoms with Gasteiger partial charge in [-0.25, -0.2) is 0 Å². The van der Waals surface area contributed by atoms with E-state index < -0.39 is 0 Å². The highest BCUT2D eigenvalue weighted by atomic mass is 16.6. The Bertz CT molecular complexity index is 616. The minimum Gasteiger partial charge on any atom is -0.391 e. The first-order valence-electron chi connectivity index (χ1n) is 12.6. The highest BCUT2D eigenvalue weighted by Gasteiger charge is 2.65. The number of aliphatic hydroxyl groups excluding tert-OH is 1. The van der Waals surface area contributed by atoms with E-state index in [2.05, 4.69) is 18.7 Å². The van der Waals surface area contributed by atoms with Crippen molar-refractivity contribution >= 4 is 0 Å². The summed E-state index contributed by atoms with van der Waals surface area (Å²) in [6.45, 7) is 7.54. The fourth-order valence-corrected chi connectivity index (χ4v) is 9.28. The van der Waals surface area contributed by atoms with Gasteiger partial charge in [0.05, 0.1) is 18.3 Å². The average Bonchev–Trinajstić information content (AvgIpc) is 3.42. The van der Waals surface area contributed by atoms with Crippen LogP contribution < -0.4 is 0 Å². The summed E-state index contributed by atoms with van der Waals surface area (Å²) >= 11 is 0. The van der Waals surface area contributed by atoms with Crippen LogP contribution in [0.15, 0.2) is 0 Å². The second kappa shape index (κ2) is 6.44. The van der Waals surface area contributed by atoms with E-state index in [1.165, 1.54) is 83.7 Å². The van der Waals surface area contributed by atoms with Gasteiger partial charge in [-0.15, -0.1) is 0 Å². The van der Waals surface area contributed by atoms with Crippen LogP contribution in [0.5, 0.6) is 0 Å². The van der Waals surface area contributed by atoms with Crippen molar-refractivity contribution in [1.29, 1.82) is 0 Å². The van der Waals surface area contributed by atoms with Gasteiger partial charge in [-0.2, -0.15) is 0 Å². The molecule has 2 saturated heterocycles. The molecule has 0 amide bonds. The molecular weight excluding hydrogens is 346 g/mol. The molecule has 4 saturated carbocycles. The molecule has 0 spiro atoms. The van der Waals surface area contributed by atoms with Crippen LogP contribution in [0, 0.1) is 34.5 Å². The van der Waals surface area contributed by atoms with Crippen molar-refractivity contribution < 1.29 is 9.84 Å². The van der Waals surface area contributed by atoms with Crippen molar-refractivity contribution in [2.24, 2.45) is 34.5 Å². The monoisotopic (exact) mass is 387 g/mol. The fourth-order valence-electron chi connectivity index (χ4n) is 9.28. The first-order chi connectivity index (χ1) is 13.5. The number of fused-ring (bicyclic) bond motifs is 6. The number of epoxide rings is 1. The van der Waals surface area contributed by atoms with Crippen LogP contribution >= 0.6 is 0 Å². The molecule has 2 aliphatic heterocycles. The standard InChI is InChI=1S/C25H41NO2/c1-24-10-9-18-17(8-7-16-13-21-22(28-21)15-25(16,18)2)19(24)14-20(23(24)27)26-11-5-3-4-6-12-26/h16-23,27H,3-15H2,1-2H3/t16?,17-,18-,19+,20?,21?,22?,23?,24+,25+/m1/s1. The minimum atomic E-state index is -0.107. The van der Waals surface area contributed by atoms with Crippen LogP contribution in [-0.2, 0) is 4.74 Å². The van der Waals surface area contributed by atoms with Gasteiger partial charge in [0.25, 0.3) is 0 Å². The average molecular weight is 388 g/mol. The maximum atomic E-state index is 11.6. The molecule has 6 rings (SSSR count). The van der Waals surface area contributed by atoms with Gasteiger partial charge >= 0.3 is 0 Å². The summed E-state index contributed by atoms with van der Waals surface area (Å²) < 4.78 is 6.00. The molecule has 10 atom stereocenters. The zero-order valence-corrected chi connectivity index (χ0v) is 18.1. The topological polar surface area (TPSA) is 36.0 Å². The van der Waals surface area contributed by atoms with E-state index in [9.17, 15) is 5.11 Å². The smallest absolute Gasteiger partial charge is 0.0847 e. The van der Waals surface area contributed by atoms with E-state index in [1.807, 2.05) is 0 Å². The summed E-state index contributed by atoms with van der Waals surface area (Å²) in [5, 5.41) is 11.6. The maximum absolute atomic E-state index is 11.6. The van der Waals surface area contributed by atoms with Gasteiger partial charge in [-0.05, 0) is 105 Å². The number of hydrogen-bond donors (Lipinski definition) is 1. The van der Waals surface area contributed by atoms with E-state index >= 15 is 0 Å². The van der Waals surface area contributed by atoms with Gasteiger partial charge in [0.15, 0.2) is 0 Å². The molecule has 6 aliphatic rings. The van der Waals surface area contributed by atoms with Crippen molar-refractivity contribution in [2.45, 2.75) is 109 Å². The molecule has 0 aromatic heterocycles. The first kappa shape index (κ1) is 18.6. The van der Waals surface area contributed by atoms with Crippen molar-refractivity contribution in [1.82, 2.24) is 4.90 Å². The summed E-state index contributed by atoms with van der Waals surface area (Å²) in [5.74, 6) is 3.37. The Morgan fingerprint density at radius 2 is 1.64 bits per heavy atom. The van der Waals surface area contributed by atoms with Crippen LogP contribution in [0.4, 0.5) is 0 Å². The third-order valence-corrected chi connectivity index (χ3v) is 11.0. The number of hydrogen-bond acceptors (Lipinski definition) is 3. The molecule has 6 fully saturated rings. The fraction of sp³-hybridized carbons (Fsp3) is 1.00. The number of rotatable bonds is 1. The van der Waals surface area contributed by atoms with Crippen molar-refractivity contribution in [3.8, 4) is 0 Å². The molecule has 1 N–H and O–H groups in total. The number of ether oxygens (including phenoxy) is 1. The lowest BCUT2D eigenvalue weighted by Crippen LogP contribution is -2.54. The van der Waals surface area contributed by atoms with E-state index in [0.29, 0.717) is 23.7 Å². The van der Waals surface area contributed by atoms with Crippen molar-refractivity contribution in [3.63, 3.8) is 0 Å². The SMILES string of the molecule is C[C@]12CC3OC3CC1CC[C@@H]1[C@H]2CC[C@]2(C)C(O)C(N3CCCCCC3)C[C@@H]12. The van der Waals surface area contributed by atoms with Gasteiger partial charge in [0.1, 0.15) is 0 Å². The van der Waals surface area contributed by atoms with Crippen LogP contribution in [0.3, 0.4) is 0 Å². The van der Waals surface area contributed by atoms with Crippen LogP contribution in [0.2, 0.25) is 0 Å². The molecule has 2 heterocycles. The van der Waals surface area contributed by atoms with Crippen molar-refractivity contribution in [3.05, 3.63) is 0 Å². The number of aliphatic hydroxyl groups is 1. The van der Waals surface area contributed by atoms with Gasteiger partial charge < -0.3 is 9.84 Å². The minimum absolute atomic E-state index is 0.107. The molecule has 28 heavy (non-hydrogen) atoms. The van der Waals surface area contributed by atoms with Crippen LogP contribution in [0.1, 0.15) is 84.5 Å². The van der Waals surface area contributed by atoms with Gasteiger partial charge in [-0.3, -0.25) is 4.90 Å². The second-order valence-corrected chi connectivity index (χ2v) is 12.1. The van der Waals surface area contributed by atoms with E-state index in [-0.39, 0.29) is 11.5 Å². The quantitative estimate of drug-likeness (QED) is 0.667. The molecule has 4 aliphatic carbocycles. The largest absolute Gasteiger partial charge is 0.391 e. The zero-order valence-electron chi connectivity index (χ0n) is 18.1. The molecule has 158 valence electrons. The molecule has 5 unspecified atom stereocenters. The Balaban J connectivity index is 1.26. The Hall–Kier alpha value is -0.120. The molecule has 3 nitrogen and oxygen atoms in total. The summed E-state index contributed by atoms with van der Waals surface area (Å²) in [7, 11) is 0. The normalized spacial score (nSPS) is 58.8. The van der Waals surface area contributed by atoms with Crippen LogP contribution in [-0.4, -0.2) is 47.4 Å². The van der Waals surface area contributed by atoms with E-state index in [4.69, 9.17) is 4.74 Å². The highest BCUT2D eigenvalue weighted by molar-refractivity contribution is 5.14. The predicted molar refractivity (Wildman–Crippen MR) is 111 cm³/mol. The Labute approximate surface area is 171 Å². The third-order valence-electron chi connectivity index (χ3n) is 11.0. The molecular formula is C25H41NO2. The van der Waals surface area contributed by atoms with Crippen molar-refractivity contribution in [2.75, 3.05) is 13.1 Å². The summed E-state index contributed by atoms with van der Waals surface area (Å²) in [4.78, 5) is 2.70. The van der Waals surface area contributed by atoms with Crippen LogP contribution in [0.25, 0.3) is 0 Å². The summed E-state index contributed by atoms with van der Waals surface area (Å²) in [6.07, 6.45) is 15.9. The number of likely N-dealkylation sites (tertiary alicyclic amines) is 1. The van der Waals surface area contributed by atoms with E-state index in [1.54, 1.807) is 0 Å². The third kappa shape index (κ3) is 2.57. The maximum Gasteiger partial charge on any atom is 0.0847 e. The Kier molecular flexibility index (Phi) is 4.28. The lowest BCUT2D eigenvalue weighted by Gasteiger charge is -2.59. The van der Waals surface area contributed by atoms with E-state index in [0.717, 1.165) is 23.7 Å². The molecule has 0 radical (unpaired) electrons. The lowest BCUT2D eigenvalue weighted by molar-refractivity contribution is -0.119. The lowest BCUT2D eigenvalue weighted by atomic mass is 9.45. The molecule has 0 aromatic carbocycles. The Morgan fingerprint density at radius 1 is 0.857 bits per heavy atom. The number of nitrogens with zero attached hydrogens (tertiary/aromatic N) is 1. The molecule has 0 aromatic rings. The van der Waals surface area contributed by atoms with Gasteiger partial charge in [0, 0.05) is 6.04 Å². The summed E-state index contributed by atoms with van der Waals surface area (Å²) in [5.41, 5.74) is 0.669. The highest BCUT2D eigenvalue weighted by Crippen LogP contribution is 2.68. The Morgan fingerprint density at radius 3 is 2.43 bits per heavy atom. The van der Waals surface area contributed by atoms with Gasteiger partial charge in [0.2, 0.25) is 0 Å². The first-order valence-corrected chi connectivity index (χ1v) is 12.6. The summed E-state index contributed by atoms with van der Waals surface area (Å²) in [6, 6.07) is 0.430. The predicted octanol–water partition coefficient (Wildman–Crippen LogP) is 4.62.